The predicted molar refractivity (Wildman–Crippen MR) is 82.4 cm³/mol. The number of nitrogens with zero attached hydrogens (tertiary/aromatic N) is 2. The first-order valence-electron chi connectivity index (χ1n) is 7.50. The molecule has 0 saturated heterocycles. The summed E-state index contributed by atoms with van der Waals surface area (Å²) in [6.07, 6.45) is 3.13. The van der Waals surface area contributed by atoms with Crippen molar-refractivity contribution in [1.82, 2.24) is 4.90 Å². The van der Waals surface area contributed by atoms with Gasteiger partial charge in [0.15, 0.2) is 0 Å². The van der Waals surface area contributed by atoms with Gasteiger partial charge in [-0.25, -0.2) is 0 Å². The topological polar surface area (TPSA) is 47.3 Å². The first kappa shape index (κ1) is 16.7. The van der Waals surface area contributed by atoms with Gasteiger partial charge in [-0.3, -0.25) is 4.90 Å². The van der Waals surface area contributed by atoms with E-state index in [1.165, 1.54) is 19.3 Å². The number of rotatable bonds is 8. The SMILES string of the molecule is CCCCCN(CC(O)c1ccc(C#N)cc1)C(C)C. The minimum absolute atomic E-state index is 0.430. The van der Waals surface area contributed by atoms with E-state index >= 15 is 0 Å². The molecule has 1 N–H and O–H groups in total. The molecule has 1 aromatic rings. The molecule has 0 amide bonds. The summed E-state index contributed by atoms with van der Waals surface area (Å²) < 4.78 is 0. The lowest BCUT2D eigenvalue weighted by molar-refractivity contribution is 0.0942. The van der Waals surface area contributed by atoms with Crippen LogP contribution in [-0.4, -0.2) is 29.1 Å². The Bertz CT molecular complexity index is 420. The van der Waals surface area contributed by atoms with Gasteiger partial charge in [-0.15, -0.1) is 0 Å². The molecule has 0 bridgehead atoms. The quantitative estimate of drug-likeness (QED) is 0.738. The van der Waals surface area contributed by atoms with E-state index in [9.17, 15) is 5.11 Å². The van der Waals surface area contributed by atoms with Gasteiger partial charge in [-0.2, -0.15) is 5.26 Å². The molecule has 0 aliphatic heterocycles. The molecule has 3 nitrogen and oxygen atoms in total. The number of aliphatic hydroxyl groups is 1. The Hall–Kier alpha value is -1.37. The van der Waals surface area contributed by atoms with Crippen molar-refractivity contribution in [3.8, 4) is 6.07 Å². The van der Waals surface area contributed by atoms with Crippen molar-refractivity contribution in [3.63, 3.8) is 0 Å². The average Bonchev–Trinajstić information content (AvgIpc) is 2.46. The Labute approximate surface area is 122 Å². The van der Waals surface area contributed by atoms with Crippen LogP contribution in [0.2, 0.25) is 0 Å². The highest BCUT2D eigenvalue weighted by molar-refractivity contribution is 5.32. The molecular weight excluding hydrogens is 248 g/mol. The molecule has 0 aromatic heterocycles. The maximum absolute atomic E-state index is 10.3. The molecular formula is C17H26N2O. The fourth-order valence-electron chi connectivity index (χ4n) is 2.23. The van der Waals surface area contributed by atoms with Gasteiger partial charge < -0.3 is 5.11 Å². The molecule has 0 radical (unpaired) electrons. The van der Waals surface area contributed by atoms with Gasteiger partial charge in [0.1, 0.15) is 0 Å². The van der Waals surface area contributed by atoms with Crippen molar-refractivity contribution >= 4 is 0 Å². The molecule has 0 spiro atoms. The third kappa shape index (κ3) is 5.32. The Kier molecular flexibility index (Phi) is 7.28. The number of benzene rings is 1. The standard InChI is InChI=1S/C17H26N2O/c1-4-5-6-11-19(14(2)3)13-17(20)16-9-7-15(12-18)8-10-16/h7-10,14,17,20H,4-6,11,13H2,1-3H3. The second-order valence-corrected chi connectivity index (χ2v) is 5.55. The van der Waals surface area contributed by atoms with E-state index in [0.29, 0.717) is 18.2 Å². The zero-order valence-electron chi connectivity index (χ0n) is 12.8. The summed E-state index contributed by atoms with van der Waals surface area (Å²) in [5, 5.41) is 19.1. The fraction of sp³-hybridized carbons (Fsp3) is 0.588. The molecule has 0 fully saturated rings. The molecule has 20 heavy (non-hydrogen) atoms. The van der Waals surface area contributed by atoms with Gasteiger partial charge >= 0.3 is 0 Å². The number of hydrogen-bond acceptors (Lipinski definition) is 3. The predicted octanol–water partition coefficient (Wildman–Crippen LogP) is 3.49. The van der Waals surface area contributed by atoms with Crippen LogP contribution in [0.4, 0.5) is 0 Å². The second kappa shape index (κ2) is 8.73. The van der Waals surface area contributed by atoms with E-state index in [2.05, 4.69) is 31.7 Å². The molecule has 1 aromatic carbocycles. The van der Waals surface area contributed by atoms with E-state index in [-0.39, 0.29) is 0 Å². The van der Waals surface area contributed by atoms with Crippen LogP contribution in [-0.2, 0) is 0 Å². The number of hydrogen-bond donors (Lipinski definition) is 1. The molecule has 110 valence electrons. The van der Waals surface area contributed by atoms with Crippen LogP contribution in [0.5, 0.6) is 0 Å². The maximum atomic E-state index is 10.3. The van der Waals surface area contributed by atoms with Crippen molar-refractivity contribution in [3.05, 3.63) is 35.4 Å². The van der Waals surface area contributed by atoms with Gasteiger partial charge in [-0.05, 0) is 44.5 Å². The molecule has 0 saturated carbocycles. The van der Waals surface area contributed by atoms with Crippen LogP contribution in [0.3, 0.4) is 0 Å². The Morgan fingerprint density at radius 1 is 1.20 bits per heavy atom. The largest absolute Gasteiger partial charge is 0.387 e. The van der Waals surface area contributed by atoms with Crippen molar-refractivity contribution in [2.75, 3.05) is 13.1 Å². The van der Waals surface area contributed by atoms with Crippen LogP contribution in [0.15, 0.2) is 24.3 Å². The summed E-state index contributed by atoms with van der Waals surface area (Å²) >= 11 is 0. The monoisotopic (exact) mass is 274 g/mol. The number of aliphatic hydroxyl groups excluding tert-OH is 1. The summed E-state index contributed by atoms with van der Waals surface area (Å²) in [5.74, 6) is 0. The van der Waals surface area contributed by atoms with Crippen LogP contribution in [0.1, 0.15) is 57.3 Å². The Balaban J connectivity index is 2.60. The summed E-state index contributed by atoms with van der Waals surface area (Å²) in [7, 11) is 0. The summed E-state index contributed by atoms with van der Waals surface area (Å²) in [5.41, 5.74) is 1.51. The highest BCUT2D eigenvalue weighted by atomic mass is 16.3. The highest BCUT2D eigenvalue weighted by Gasteiger charge is 2.15. The van der Waals surface area contributed by atoms with Gasteiger partial charge in [0.2, 0.25) is 0 Å². The average molecular weight is 274 g/mol. The van der Waals surface area contributed by atoms with E-state index in [1.807, 2.05) is 12.1 Å². The van der Waals surface area contributed by atoms with Crippen molar-refractivity contribution in [2.45, 2.75) is 52.2 Å². The minimum Gasteiger partial charge on any atom is -0.387 e. The number of unbranched alkanes of at least 4 members (excludes halogenated alkanes) is 2. The van der Waals surface area contributed by atoms with Gasteiger partial charge in [0.25, 0.3) is 0 Å². The molecule has 1 unspecified atom stereocenters. The van der Waals surface area contributed by atoms with E-state index in [1.54, 1.807) is 12.1 Å². The maximum Gasteiger partial charge on any atom is 0.0991 e. The molecule has 3 heteroatoms. The molecule has 0 aliphatic carbocycles. The lowest BCUT2D eigenvalue weighted by Crippen LogP contribution is -2.35. The van der Waals surface area contributed by atoms with Crippen molar-refractivity contribution in [2.24, 2.45) is 0 Å². The lowest BCUT2D eigenvalue weighted by Gasteiger charge is -2.29. The van der Waals surface area contributed by atoms with Crippen LogP contribution >= 0.6 is 0 Å². The Morgan fingerprint density at radius 3 is 2.35 bits per heavy atom. The van der Waals surface area contributed by atoms with E-state index in [0.717, 1.165) is 12.1 Å². The molecule has 1 atom stereocenters. The highest BCUT2D eigenvalue weighted by Crippen LogP contribution is 2.17. The molecule has 1 rings (SSSR count). The smallest absolute Gasteiger partial charge is 0.0991 e. The zero-order chi connectivity index (χ0) is 15.0. The van der Waals surface area contributed by atoms with Gasteiger partial charge in [0.05, 0.1) is 17.7 Å². The molecule has 0 heterocycles. The lowest BCUT2D eigenvalue weighted by atomic mass is 10.1. The summed E-state index contributed by atoms with van der Waals surface area (Å²) in [4.78, 5) is 2.32. The minimum atomic E-state index is -0.494. The Morgan fingerprint density at radius 2 is 1.85 bits per heavy atom. The van der Waals surface area contributed by atoms with Crippen molar-refractivity contribution in [1.29, 1.82) is 5.26 Å². The third-order valence-corrected chi connectivity index (χ3v) is 3.61. The van der Waals surface area contributed by atoms with E-state index in [4.69, 9.17) is 5.26 Å². The third-order valence-electron chi connectivity index (χ3n) is 3.61. The van der Waals surface area contributed by atoms with Gasteiger partial charge in [-0.1, -0.05) is 31.9 Å². The summed E-state index contributed by atoms with van der Waals surface area (Å²) in [6.45, 7) is 8.20. The summed E-state index contributed by atoms with van der Waals surface area (Å²) in [6, 6.07) is 9.73. The van der Waals surface area contributed by atoms with Crippen LogP contribution in [0.25, 0.3) is 0 Å². The fourth-order valence-corrected chi connectivity index (χ4v) is 2.23. The number of nitriles is 1. The van der Waals surface area contributed by atoms with Crippen LogP contribution in [0, 0.1) is 11.3 Å². The first-order valence-corrected chi connectivity index (χ1v) is 7.50. The van der Waals surface area contributed by atoms with Crippen LogP contribution < -0.4 is 0 Å². The second-order valence-electron chi connectivity index (χ2n) is 5.55. The normalized spacial score (nSPS) is 12.7. The first-order chi connectivity index (χ1) is 9.58. The van der Waals surface area contributed by atoms with Gasteiger partial charge in [0, 0.05) is 12.6 Å². The van der Waals surface area contributed by atoms with Crippen molar-refractivity contribution < 1.29 is 5.11 Å². The zero-order valence-corrected chi connectivity index (χ0v) is 12.8. The molecule has 0 aliphatic rings. The van der Waals surface area contributed by atoms with E-state index < -0.39 is 6.10 Å².